The summed E-state index contributed by atoms with van der Waals surface area (Å²) in [6.07, 6.45) is -3.80. The Hall–Kier alpha value is -0.330. The molecule has 0 aliphatic carbocycles. The van der Waals surface area contributed by atoms with E-state index in [4.69, 9.17) is 5.11 Å². The lowest BCUT2D eigenvalue weighted by Gasteiger charge is -2.39. The summed E-state index contributed by atoms with van der Waals surface area (Å²) in [6, 6.07) is 0.424. The van der Waals surface area contributed by atoms with Crippen molar-refractivity contribution in [1.29, 1.82) is 0 Å². The Morgan fingerprint density at radius 1 is 1.31 bits per heavy atom. The van der Waals surface area contributed by atoms with Crippen molar-refractivity contribution < 1.29 is 18.3 Å². The van der Waals surface area contributed by atoms with Gasteiger partial charge in [0.05, 0.1) is 0 Å². The van der Waals surface area contributed by atoms with Crippen molar-refractivity contribution in [2.45, 2.75) is 57.5 Å². The van der Waals surface area contributed by atoms with Gasteiger partial charge in [0, 0.05) is 18.6 Å². The van der Waals surface area contributed by atoms with E-state index in [0.717, 1.165) is 19.3 Å². The van der Waals surface area contributed by atoms with Crippen LogP contribution in [-0.2, 0) is 0 Å². The SMILES string of the molecule is CC1CCCC(C)N1NCC(O)C(F)(F)F. The average molecular weight is 240 g/mol. The summed E-state index contributed by atoms with van der Waals surface area (Å²) in [6.45, 7) is 3.48. The molecule has 0 saturated carbocycles. The van der Waals surface area contributed by atoms with E-state index in [0.29, 0.717) is 0 Å². The Kier molecular flexibility index (Phi) is 4.58. The monoisotopic (exact) mass is 240 g/mol. The molecular weight excluding hydrogens is 221 g/mol. The molecule has 0 bridgehead atoms. The van der Waals surface area contributed by atoms with E-state index in [2.05, 4.69) is 5.43 Å². The first kappa shape index (κ1) is 13.7. The van der Waals surface area contributed by atoms with E-state index in [1.807, 2.05) is 18.9 Å². The number of hydrogen-bond acceptors (Lipinski definition) is 3. The van der Waals surface area contributed by atoms with Crippen LogP contribution >= 0.6 is 0 Å². The number of piperidine rings is 1. The zero-order valence-corrected chi connectivity index (χ0v) is 9.59. The minimum absolute atomic E-state index is 0.212. The second-order valence-corrected chi connectivity index (χ2v) is 4.46. The fourth-order valence-electron chi connectivity index (χ4n) is 2.04. The molecule has 1 saturated heterocycles. The Morgan fingerprint density at radius 3 is 2.25 bits per heavy atom. The highest BCUT2D eigenvalue weighted by Gasteiger charge is 2.38. The molecule has 0 aromatic rings. The zero-order chi connectivity index (χ0) is 12.3. The van der Waals surface area contributed by atoms with Crippen molar-refractivity contribution in [1.82, 2.24) is 10.4 Å². The molecule has 6 heteroatoms. The third-order valence-corrected chi connectivity index (χ3v) is 3.04. The van der Waals surface area contributed by atoms with Crippen molar-refractivity contribution in [3.05, 3.63) is 0 Å². The fraction of sp³-hybridized carbons (Fsp3) is 1.00. The Balaban J connectivity index is 2.41. The first-order valence-electron chi connectivity index (χ1n) is 5.59. The maximum Gasteiger partial charge on any atom is 0.415 e. The largest absolute Gasteiger partial charge is 0.415 e. The summed E-state index contributed by atoms with van der Waals surface area (Å²) in [4.78, 5) is 0. The lowest BCUT2D eigenvalue weighted by atomic mass is 10.00. The molecule has 1 aliphatic rings. The molecule has 0 spiro atoms. The van der Waals surface area contributed by atoms with Crippen LogP contribution in [0.4, 0.5) is 13.2 Å². The quantitative estimate of drug-likeness (QED) is 0.787. The number of aliphatic hydroxyl groups is 1. The van der Waals surface area contributed by atoms with Crippen molar-refractivity contribution in [3.63, 3.8) is 0 Å². The molecule has 1 fully saturated rings. The summed E-state index contributed by atoms with van der Waals surface area (Å²) < 4.78 is 36.3. The topological polar surface area (TPSA) is 35.5 Å². The molecule has 1 aliphatic heterocycles. The molecule has 0 amide bonds. The highest BCUT2D eigenvalue weighted by atomic mass is 19.4. The van der Waals surface area contributed by atoms with Crippen LogP contribution in [0, 0.1) is 0 Å². The predicted octanol–water partition coefficient (Wildman–Crippen LogP) is 1.68. The number of hydrazine groups is 1. The lowest BCUT2D eigenvalue weighted by molar-refractivity contribution is -0.205. The van der Waals surface area contributed by atoms with Gasteiger partial charge in [-0.15, -0.1) is 0 Å². The predicted molar refractivity (Wildman–Crippen MR) is 54.7 cm³/mol. The Morgan fingerprint density at radius 2 is 1.81 bits per heavy atom. The van der Waals surface area contributed by atoms with Gasteiger partial charge in [-0.3, -0.25) is 5.43 Å². The van der Waals surface area contributed by atoms with E-state index in [-0.39, 0.29) is 12.1 Å². The van der Waals surface area contributed by atoms with Gasteiger partial charge in [-0.1, -0.05) is 6.42 Å². The van der Waals surface area contributed by atoms with Crippen LogP contribution in [0.1, 0.15) is 33.1 Å². The van der Waals surface area contributed by atoms with Gasteiger partial charge >= 0.3 is 6.18 Å². The van der Waals surface area contributed by atoms with E-state index in [1.54, 1.807) is 0 Å². The molecule has 1 heterocycles. The van der Waals surface area contributed by atoms with Crippen LogP contribution < -0.4 is 5.43 Å². The van der Waals surface area contributed by atoms with Crippen LogP contribution in [0.15, 0.2) is 0 Å². The van der Waals surface area contributed by atoms with Crippen LogP contribution in [0.25, 0.3) is 0 Å². The summed E-state index contributed by atoms with van der Waals surface area (Å²) >= 11 is 0. The smallest absolute Gasteiger partial charge is 0.382 e. The number of alkyl halides is 3. The molecule has 0 radical (unpaired) electrons. The first-order valence-corrected chi connectivity index (χ1v) is 5.59. The van der Waals surface area contributed by atoms with Gasteiger partial charge in [-0.05, 0) is 26.7 Å². The van der Waals surface area contributed by atoms with Crippen molar-refractivity contribution in [2.24, 2.45) is 0 Å². The van der Waals surface area contributed by atoms with Gasteiger partial charge in [0.1, 0.15) is 0 Å². The molecule has 16 heavy (non-hydrogen) atoms. The molecule has 3 atom stereocenters. The second-order valence-electron chi connectivity index (χ2n) is 4.46. The normalized spacial score (nSPS) is 30.4. The van der Waals surface area contributed by atoms with Crippen LogP contribution in [0.2, 0.25) is 0 Å². The zero-order valence-electron chi connectivity index (χ0n) is 9.59. The molecule has 2 N–H and O–H groups in total. The molecule has 3 unspecified atom stereocenters. The van der Waals surface area contributed by atoms with Gasteiger partial charge in [0.2, 0.25) is 0 Å². The number of nitrogens with one attached hydrogen (secondary N) is 1. The fourth-order valence-corrected chi connectivity index (χ4v) is 2.04. The Labute approximate surface area is 93.6 Å². The third-order valence-electron chi connectivity index (χ3n) is 3.04. The molecule has 1 rings (SSSR count). The number of halogens is 3. The highest BCUT2D eigenvalue weighted by molar-refractivity contribution is 4.78. The van der Waals surface area contributed by atoms with Gasteiger partial charge in [-0.25, -0.2) is 5.01 Å². The van der Waals surface area contributed by atoms with Crippen molar-refractivity contribution >= 4 is 0 Å². The van der Waals surface area contributed by atoms with Gasteiger partial charge in [0.25, 0.3) is 0 Å². The molecule has 0 aromatic heterocycles. The first-order chi connectivity index (χ1) is 7.32. The van der Waals surface area contributed by atoms with E-state index in [1.165, 1.54) is 0 Å². The van der Waals surface area contributed by atoms with E-state index >= 15 is 0 Å². The standard InChI is InChI=1S/C10H19F3N2O/c1-7-4-3-5-8(2)15(7)14-6-9(16)10(11,12)13/h7-9,14,16H,3-6H2,1-2H3. The molecule has 96 valence electrons. The van der Waals surface area contributed by atoms with Crippen LogP contribution in [0.5, 0.6) is 0 Å². The van der Waals surface area contributed by atoms with Gasteiger partial charge < -0.3 is 5.11 Å². The third kappa shape index (κ3) is 3.61. The average Bonchev–Trinajstić information content (AvgIpc) is 2.15. The summed E-state index contributed by atoms with van der Waals surface area (Å²) in [5.74, 6) is 0. The second kappa shape index (κ2) is 5.33. The maximum atomic E-state index is 12.1. The van der Waals surface area contributed by atoms with Crippen molar-refractivity contribution in [2.75, 3.05) is 6.54 Å². The number of hydrogen-bond donors (Lipinski definition) is 2. The van der Waals surface area contributed by atoms with Crippen LogP contribution in [-0.4, -0.2) is 41.0 Å². The van der Waals surface area contributed by atoms with E-state index in [9.17, 15) is 13.2 Å². The lowest BCUT2D eigenvalue weighted by Crippen LogP contribution is -2.55. The summed E-state index contributed by atoms with van der Waals surface area (Å²) in [7, 11) is 0. The number of rotatable bonds is 3. The van der Waals surface area contributed by atoms with Gasteiger partial charge in [0.15, 0.2) is 6.10 Å². The molecule has 0 aromatic carbocycles. The minimum atomic E-state index is -4.55. The summed E-state index contributed by atoms with van der Waals surface area (Å²) in [5.41, 5.74) is 2.69. The van der Waals surface area contributed by atoms with Crippen LogP contribution in [0.3, 0.4) is 0 Å². The number of nitrogens with zero attached hydrogens (tertiary/aromatic N) is 1. The van der Waals surface area contributed by atoms with Crippen molar-refractivity contribution in [3.8, 4) is 0 Å². The van der Waals surface area contributed by atoms with E-state index < -0.39 is 18.8 Å². The van der Waals surface area contributed by atoms with Gasteiger partial charge in [-0.2, -0.15) is 13.2 Å². The Bertz CT molecular complexity index is 213. The maximum absolute atomic E-state index is 12.1. The minimum Gasteiger partial charge on any atom is -0.382 e. The molecular formula is C10H19F3N2O. The summed E-state index contributed by atoms with van der Waals surface area (Å²) in [5, 5.41) is 10.7. The molecule has 3 nitrogen and oxygen atoms in total. The number of aliphatic hydroxyl groups excluding tert-OH is 1. The highest BCUT2D eigenvalue weighted by Crippen LogP contribution is 2.22.